The fraction of sp³-hybridized carbons (Fsp3) is 0.933. The molecule has 21 heavy (non-hydrogen) atoms. The SMILES string of the molecule is CC1CCCN(C(N)=NCC2(N3CCOCC3)CC2)C1.I. The van der Waals surface area contributed by atoms with E-state index in [0.29, 0.717) is 5.54 Å². The van der Waals surface area contributed by atoms with Gasteiger partial charge in [-0.1, -0.05) is 6.92 Å². The largest absolute Gasteiger partial charge is 0.379 e. The highest BCUT2D eigenvalue weighted by atomic mass is 127. The summed E-state index contributed by atoms with van der Waals surface area (Å²) in [6.07, 6.45) is 5.09. The summed E-state index contributed by atoms with van der Waals surface area (Å²) in [4.78, 5) is 9.56. The number of nitrogens with zero attached hydrogens (tertiary/aromatic N) is 3. The predicted octanol–water partition coefficient (Wildman–Crippen LogP) is 1.52. The summed E-state index contributed by atoms with van der Waals surface area (Å²) >= 11 is 0. The van der Waals surface area contributed by atoms with Gasteiger partial charge in [0, 0.05) is 31.7 Å². The molecule has 2 saturated heterocycles. The smallest absolute Gasteiger partial charge is 0.191 e. The molecule has 122 valence electrons. The lowest BCUT2D eigenvalue weighted by Gasteiger charge is -2.35. The number of likely N-dealkylation sites (tertiary alicyclic amines) is 1. The summed E-state index contributed by atoms with van der Waals surface area (Å²) in [5, 5.41) is 0. The summed E-state index contributed by atoms with van der Waals surface area (Å²) in [7, 11) is 0. The first kappa shape index (κ1) is 17.3. The summed E-state index contributed by atoms with van der Waals surface area (Å²) in [6, 6.07) is 0. The van der Waals surface area contributed by atoms with Crippen molar-refractivity contribution in [2.75, 3.05) is 45.9 Å². The second kappa shape index (κ2) is 7.46. The maximum absolute atomic E-state index is 6.21. The van der Waals surface area contributed by atoms with Gasteiger partial charge in [0.25, 0.3) is 0 Å². The number of rotatable bonds is 3. The Bertz CT molecular complexity index is 367. The van der Waals surface area contributed by atoms with Crippen LogP contribution in [0.4, 0.5) is 0 Å². The summed E-state index contributed by atoms with van der Waals surface area (Å²) in [6.45, 7) is 9.14. The zero-order chi connectivity index (χ0) is 14.0. The minimum atomic E-state index is 0. The molecule has 0 bridgehead atoms. The third kappa shape index (κ3) is 4.22. The lowest BCUT2D eigenvalue weighted by Crippen LogP contribution is -2.48. The topological polar surface area (TPSA) is 54.1 Å². The number of hydrogen-bond donors (Lipinski definition) is 1. The Balaban J connectivity index is 0.00000161. The van der Waals surface area contributed by atoms with Crippen LogP contribution >= 0.6 is 24.0 Å². The average Bonchev–Trinajstić information content (AvgIpc) is 3.27. The molecule has 3 rings (SSSR count). The standard InChI is InChI=1S/C15H28N4O.HI/c1-13-3-2-6-18(11-13)14(16)17-12-15(4-5-15)19-7-9-20-10-8-19;/h13H,2-12H2,1H3,(H2,16,17);1H. The van der Waals surface area contributed by atoms with E-state index in [1.54, 1.807) is 0 Å². The highest BCUT2D eigenvalue weighted by Crippen LogP contribution is 2.42. The van der Waals surface area contributed by atoms with Crippen LogP contribution in [0.15, 0.2) is 4.99 Å². The van der Waals surface area contributed by atoms with E-state index in [0.717, 1.165) is 57.8 Å². The van der Waals surface area contributed by atoms with Gasteiger partial charge in [-0.3, -0.25) is 9.89 Å². The molecule has 1 aliphatic carbocycles. The van der Waals surface area contributed by atoms with Crippen molar-refractivity contribution in [2.24, 2.45) is 16.6 Å². The molecular weight excluding hydrogens is 379 g/mol. The fourth-order valence-electron chi connectivity index (χ4n) is 3.48. The maximum atomic E-state index is 6.21. The molecule has 0 aromatic heterocycles. The zero-order valence-electron chi connectivity index (χ0n) is 13.1. The second-order valence-corrected chi connectivity index (χ2v) is 6.69. The van der Waals surface area contributed by atoms with Gasteiger partial charge in [0.15, 0.2) is 5.96 Å². The Morgan fingerprint density at radius 3 is 2.62 bits per heavy atom. The van der Waals surface area contributed by atoms with Crippen molar-refractivity contribution in [3.63, 3.8) is 0 Å². The average molecular weight is 408 g/mol. The Labute approximate surface area is 145 Å². The first-order valence-corrected chi connectivity index (χ1v) is 8.07. The molecule has 3 fully saturated rings. The molecule has 0 radical (unpaired) electrons. The van der Waals surface area contributed by atoms with Crippen molar-refractivity contribution in [1.82, 2.24) is 9.80 Å². The molecule has 1 unspecified atom stereocenters. The highest BCUT2D eigenvalue weighted by Gasteiger charge is 2.48. The van der Waals surface area contributed by atoms with E-state index in [9.17, 15) is 0 Å². The van der Waals surface area contributed by atoms with Gasteiger partial charge in [0.1, 0.15) is 0 Å². The van der Waals surface area contributed by atoms with Crippen LogP contribution in [0.25, 0.3) is 0 Å². The van der Waals surface area contributed by atoms with Gasteiger partial charge in [-0.25, -0.2) is 0 Å². The third-order valence-electron chi connectivity index (χ3n) is 5.03. The van der Waals surface area contributed by atoms with Crippen LogP contribution in [-0.4, -0.2) is 67.2 Å². The van der Waals surface area contributed by atoms with Gasteiger partial charge < -0.3 is 15.4 Å². The van der Waals surface area contributed by atoms with Crippen molar-refractivity contribution in [3.8, 4) is 0 Å². The molecule has 0 spiro atoms. The summed E-state index contributed by atoms with van der Waals surface area (Å²) in [5.74, 6) is 1.50. The van der Waals surface area contributed by atoms with Crippen LogP contribution in [-0.2, 0) is 4.74 Å². The number of aliphatic imine (C=N–C) groups is 1. The molecule has 5 nitrogen and oxygen atoms in total. The van der Waals surface area contributed by atoms with E-state index in [-0.39, 0.29) is 24.0 Å². The first-order chi connectivity index (χ1) is 9.70. The van der Waals surface area contributed by atoms with Crippen molar-refractivity contribution in [3.05, 3.63) is 0 Å². The molecule has 0 amide bonds. The monoisotopic (exact) mass is 408 g/mol. The number of hydrogen-bond acceptors (Lipinski definition) is 3. The van der Waals surface area contributed by atoms with Crippen LogP contribution < -0.4 is 5.73 Å². The van der Waals surface area contributed by atoms with E-state index >= 15 is 0 Å². The van der Waals surface area contributed by atoms with Crippen LogP contribution in [0.5, 0.6) is 0 Å². The van der Waals surface area contributed by atoms with Crippen LogP contribution in [0, 0.1) is 5.92 Å². The lowest BCUT2D eigenvalue weighted by molar-refractivity contribution is 0.0116. The summed E-state index contributed by atoms with van der Waals surface area (Å²) in [5.41, 5.74) is 6.51. The molecule has 1 saturated carbocycles. The van der Waals surface area contributed by atoms with Gasteiger partial charge in [-0.05, 0) is 31.6 Å². The molecule has 2 aliphatic heterocycles. The second-order valence-electron chi connectivity index (χ2n) is 6.69. The Kier molecular flexibility index (Phi) is 6.14. The molecule has 2 N–H and O–H groups in total. The Morgan fingerprint density at radius 2 is 2.00 bits per heavy atom. The van der Waals surface area contributed by atoms with Crippen molar-refractivity contribution in [1.29, 1.82) is 0 Å². The number of nitrogens with two attached hydrogens (primary N) is 1. The highest BCUT2D eigenvalue weighted by molar-refractivity contribution is 14.0. The van der Waals surface area contributed by atoms with Gasteiger partial charge in [0.05, 0.1) is 19.8 Å². The Hall–Kier alpha value is -0.0800. The third-order valence-corrected chi connectivity index (χ3v) is 5.03. The minimum Gasteiger partial charge on any atom is -0.379 e. The quantitative estimate of drug-likeness (QED) is 0.437. The van der Waals surface area contributed by atoms with Crippen LogP contribution in [0.1, 0.15) is 32.6 Å². The van der Waals surface area contributed by atoms with Crippen LogP contribution in [0.3, 0.4) is 0 Å². The van der Waals surface area contributed by atoms with Gasteiger partial charge in [0.2, 0.25) is 0 Å². The van der Waals surface area contributed by atoms with E-state index in [1.807, 2.05) is 0 Å². The van der Waals surface area contributed by atoms with Crippen molar-refractivity contribution >= 4 is 29.9 Å². The molecule has 6 heteroatoms. The zero-order valence-corrected chi connectivity index (χ0v) is 15.4. The molecular formula is C15H29IN4O. The Morgan fingerprint density at radius 1 is 1.29 bits per heavy atom. The first-order valence-electron chi connectivity index (χ1n) is 8.07. The minimum absolute atomic E-state index is 0. The maximum Gasteiger partial charge on any atom is 0.191 e. The van der Waals surface area contributed by atoms with Gasteiger partial charge in [-0.15, -0.1) is 24.0 Å². The van der Waals surface area contributed by atoms with E-state index in [1.165, 1.54) is 25.7 Å². The molecule has 0 aromatic carbocycles. The van der Waals surface area contributed by atoms with E-state index < -0.39 is 0 Å². The normalized spacial score (nSPS) is 29.9. The van der Waals surface area contributed by atoms with Crippen molar-refractivity contribution in [2.45, 2.75) is 38.1 Å². The lowest BCUT2D eigenvalue weighted by atomic mass is 10.0. The summed E-state index contributed by atoms with van der Waals surface area (Å²) < 4.78 is 5.44. The fourth-order valence-corrected chi connectivity index (χ4v) is 3.48. The van der Waals surface area contributed by atoms with Gasteiger partial charge >= 0.3 is 0 Å². The van der Waals surface area contributed by atoms with Crippen LogP contribution in [0.2, 0.25) is 0 Å². The van der Waals surface area contributed by atoms with Gasteiger partial charge in [-0.2, -0.15) is 0 Å². The van der Waals surface area contributed by atoms with Crippen molar-refractivity contribution < 1.29 is 4.74 Å². The molecule has 0 aromatic rings. The number of halogens is 1. The van der Waals surface area contributed by atoms with E-state index in [2.05, 4.69) is 16.7 Å². The number of morpholine rings is 1. The molecule has 3 aliphatic rings. The number of piperidine rings is 1. The van der Waals surface area contributed by atoms with E-state index in [4.69, 9.17) is 15.5 Å². The molecule has 1 atom stereocenters. The molecule has 2 heterocycles. The number of ether oxygens (including phenoxy) is 1. The predicted molar refractivity (Wildman–Crippen MR) is 96.2 cm³/mol. The number of guanidine groups is 1.